The number of aromatic nitrogens is 1. The van der Waals surface area contributed by atoms with E-state index in [4.69, 9.17) is 0 Å². The zero-order valence-corrected chi connectivity index (χ0v) is 20.1. The van der Waals surface area contributed by atoms with E-state index in [9.17, 15) is 9.59 Å². The number of fused-ring (bicyclic) bond motifs is 1. The van der Waals surface area contributed by atoms with Gasteiger partial charge in [-0.2, -0.15) is 0 Å². The third-order valence-electron chi connectivity index (χ3n) is 6.62. The van der Waals surface area contributed by atoms with Crippen LogP contribution in [0.4, 0.5) is 0 Å². The maximum atomic E-state index is 13.4. The Morgan fingerprint density at radius 3 is 2.31 bits per heavy atom. The summed E-state index contributed by atoms with van der Waals surface area (Å²) in [4.78, 5) is 32.0. The molecule has 3 N–H and O–H groups in total. The lowest BCUT2D eigenvalue weighted by atomic mass is 10.0. The molecular weight excluding hydrogens is 448 g/mol. The minimum Gasteiger partial charge on any atom is -0.361 e. The first-order valence-corrected chi connectivity index (χ1v) is 12.4. The van der Waals surface area contributed by atoms with E-state index < -0.39 is 0 Å². The number of hydrogen-bond acceptors (Lipinski definition) is 3. The van der Waals surface area contributed by atoms with Gasteiger partial charge in [0.25, 0.3) is 11.8 Å². The normalized spacial score (nSPS) is 15.1. The molecule has 1 saturated heterocycles. The number of piperidine rings is 1. The van der Waals surface area contributed by atoms with Crippen LogP contribution in [0.5, 0.6) is 0 Å². The molecule has 2 amide bonds. The number of carbonyl (C=O) groups excluding carboxylic acids is 2. The standard InChI is InChI=1S/C30H30N4O2/c35-29(23-11-5-2-6-12-23)33-28(19-24-20-31-27-14-8-7-13-26(24)27)30(36)32-25-15-17-34(18-16-25)21-22-9-3-1-4-10-22/h1-14,19-20,25,31H,15-18,21H2,(H,32,36)(H,33,35)/b28-19+. The molecule has 2 heterocycles. The van der Waals surface area contributed by atoms with E-state index in [1.165, 1.54) is 5.56 Å². The molecule has 1 aliphatic rings. The van der Waals surface area contributed by atoms with Crippen LogP contribution in [0.15, 0.2) is 96.8 Å². The lowest BCUT2D eigenvalue weighted by Crippen LogP contribution is -2.46. The van der Waals surface area contributed by atoms with Crippen LogP contribution < -0.4 is 10.6 Å². The van der Waals surface area contributed by atoms with E-state index in [2.05, 4.69) is 44.8 Å². The second kappa shape index (κ2) is 11.1. The predicted octanol–water partition coefficient (Wildman–Crippen LogP) is 4.72. The molecule has 1 aliphatic heterocycles. The lowest BCUT2D eigenvalue weighted by Gasteiger charge is -2.32. The fourth-order valence-electron chi connectivity index (χ4n) is 4.65. The maximum Gasteiger partial charge on any atom is 0.268 e. The Morgan fingerprint density at radius 1 is 0.889 bits per heavy atom. The fraction of sp³-hybridized carbons (Fsp3) is 0.200. The first-order valence-electron chi connectivity index (χ1n) is 12.4. The van der Waals surface area contributed by atoms with Crippen molar-refractivity contribution in [2.45, 2.75) is 25.4 Å². The van der Waals surface area contributed by atoms with E-state index in [0.29, 0.717) is 5.56 Å². The molecule has 0 aliphatic carbocycles. The van der Waals surface area contributed by atoms with Crippen LogP contribution in [0, 0.1) is 0 Å². The van der Waals surface area contributed by atoms with Crippen LogP contribution in [0.3, 0.4) is 0 Å². The van der Waals surface area contributed by atoms with Gasteiger partial charge in [0.2, 0.25) is 0 Å². The summed E-state index contributed by atoms with van der Waals surface area (Å²) in [6.07, 6.45) is 5.34. The molecule has 5 rings (SSSR count). The minimum atomic E-state index is -0.311. The number of rotatable bonds is 7. The largest absolute Gasteiger partial charge is 0.361 e. The first kappa shape index (κ1) is 23.6. The number of nitrogens with zero attached hydrogens (tertiary/aromatic N) is 1. The van der Waals surface area contributed by atoms with Gasteiger partial charge in [-0.15, -0.1) is 0 Å². The highest BCUT2D eigenvalue weighted by Gasteiger charge is 2.23. The number of para-hydroxylation sites is 1. The molecule has 0 spiro atoms. The van der Waals surface area contributed by atoms with Crippen molar-refractivity contribution in [2.75, 3.05) is 13.1 Å². The molecule has 1 fully saturated rings. The Bertz CT molecular complexity index is 1350. The van der Waals surface area contributed by atoms with Crippen molar-refractivity contribution in [1.82, 2.24) is 20.5 Å². The van der Waals surface area contributed by atoms with E-state index in [1.54, 1.807) is 30.3 Å². The van der Waals surface area contributed by atoms with Crippen LogP contribution in [0.1, 0.15) is 34.3 Å². The van der Waals surface area contributed by atoms with Crippen molar-refractivity contribution < 1.29 is 9.59 Å². The van der Waals surface area contributed by atoms with Crippen molar-refractivity contribution >= 4 is 28.8 Å². The lowest BCUT2D eigenvalue weighted by molar-refractivity contribution is -0.118. The first-order chi connectivity index (χ1) is 17.7. The van der Waals surface area contributed by atoms with E-state index in [0.717, 1.165) is 48.9 Å². The van der Waals surface area contributed by atoms with Gasteiger partial charge >= 0.3 is 0 Å². The summed E-state index contributed by atoms with van der Waals surface area (Å²) < 4.78 is 0. The average molecular weight is 479 g/mol. The van der Waals surface area contributed by atoms with Gasteiger partial charge in [-0.1, -0.05) is 66.7 Å². The SMILES string of the molecule is O=C(NC1CCN(Cc2ccccc2)CC1)/C(=C\c1c[nH]c2ccccc12)NC(=O)c1ccccc1. The summed E-state index contributed by atoms with van der Waals surface area (Å²) in [6.45, 7) is 2.75. The highest BCUT2D eigenvalue weighted by molar-refractivity contribution is 6.06. The summed E-state index contributed by atoms with van der Waals surface area (Å²) in [5.41, 5.74) is 3.86. The highest BCUT2D eigenvalue weighted by Crippen LogP contribution is 2.21. The number of benzene rings is 3. The van der Waals surface area contributed by atoms with E-state index in [1.807, 2.05) is 42.6 Å². The van der Waals surface area contributed by atoms with Gasteiger partial charge in [-0.05, 0) is 42.7 Å². The summed E-state index contributed by atoms with van der Waals surface area (Å²) in [7, 11) is 0. The summed E-state index contributed by atoms with van der Waals surface area (Å²) in [5.74, 6) is -0.583. The number of H-pyrrole nitrogens is 1. The van der Waals surface area contributed by atoms with Gasteiger partial charge in [0.15, 0.2) is 0 Å². The van der Waals surface area contributed by atoms with Gasteiger partial charge < -0.3 is 15.6 Å². The molecular formula is C30H30N4O2. The van der Waals surface area contributed by atoms with Crippen LogP contribution in [0.25, 0.3) is 17.0 Å². The molecule has 36 heavy (non-hydrogen) atoms. The fourth-order valence-corrected chi connectivity index (χ4v) is 4.65. The predicted molar refractivity (Wildman–Crippen MR) is 143 cm³/mol. The smallest absolute Gasteiger partial charge is 0.268 e. The molecule has 0 bridgehead atoms. The van der Waals surface area contributed by atoms with Crippen LogP contribution in [0.2, 0.25) is 0 Å². The van der Waals surface area contributed by atoms with E-state index >= 15 is 0 Å². The third-order valence-corrected chi connectivity index (χ3v) is 6.62. The molecule has 3 aromatic carbocycles. The molecule has 182 valence electrons. The summed E-state index contributed by atoms with van der Waals surface area (Å²) in [5, 5.41) is 7.01. The summed E-state index contributed by atoms with van der Waals surface area (Å²) >= 11 is 0. The zero-order chi connectivity index (χ0) is 24.7. The summed E-state index contributed by atoms with van der Waals surface area (Å²) in [6, 6.07) is 27.3. The Balaban J connectivity index is 1.29. The molecule has 0 unspecified atom stereocenters. The monoisotopic (exact) mass is 478 g/mol. The Hall–Kier alpha value is -4.16. The molecule has 0 radical (unpaired) electrons. The highest BCUT2D eigenvalue weighted by atomic mass is 16.2. The minimum absolute atomic E-state index is 0.0597. The van der Waals surface area contributed by atoms with Crippen LogP contribution in [-0.2, 0) is 11.3 Å². The number of aromatic amines is 1. The second-order valence-electron chi connectivity index (χ2n) is 9.18. The molecule has 6 nitrogen and oxygen atoms in total. The van der Waals surface area contributed by atoms with E-state index in [-0.39, 0.29) is 23.6 Å². The van der Waals surface area contributed by atoms with Gasteiger partial charge in [0, 0.05) is 53.9 Å². The average Bonchev–Trinajstić information content (AvgIpc) is 3.33. The van der Waals surface area contributed by atoms with Gasteiger partial charge in [0.05, 0.1) is 0 Å². The van der Waals surface area contributed by atoms with Crippen molar-refractivity contribution in [3.05, 3.63) is 114 Å². The molecule has 0 atom stereocenters. The third kappa shape index (κ3) is 5.73. The number of hydrogen-bond donors (Lipinski definition) is 3. The van der Waals surface area contributed by atoms with Crippen molar-refractivity contribution in [2.24, 2.45) is 0 Å². The molecule has 4 aromatic rings. The maximum absolute atomic E-state index is 13.4. The van der Waals surface area contributed by atoms with Gasteiger partial charge in [-0.25, -0.2) is 0 Å². The van der Waals surface area contributed by atoms with Crippen molar-refractivity contribution in [1.29, 1.82) is 0 Å². The van der Waals surface area contributed by atoms with Crippen LogP contribution in [-0.4, -0.2) is 40.8 Å². The Kier molecular flexibility index (Phi) is 7.24. The number of nitrogens with one attached hydrogen (secondary N) is 3. The van der Waals surface area contributed by atoms with Crippen LogP contribution >= 0.6 is 0 Å². The molecule has 1 aromatic heterocycles. The zero-order valence-electron chi connectivity index (χ0n) is 20.1. The topological polar surface area (TPSA) is 77.2 Å². The number of carbonyl (C=O) groups is 2. The molecule has 6 heteroatoms. The van der Waals surface area contributed by atoms with Crippen molar-refractivity contribution in [3.63, 3.8) is 0 Å². The molecule has 0 saturated carbocycles. The Morgan fingerprint density at radius 2 is 1.56 bits per heavy atom. The second-order valence-corrected chi connectivity index (χ2v) is 9.18. The number of amides is 2. The Labute approximate surface area is 211 Å². The number of likely N-dealkylation sites (tertiary alicyclic amines) is 1. The van der Waals surface area contributed by atoms with Crippen molar-refractivity contribution in [3.8, 4) is 0 Å². The van der Waals surface area contributed by atoms with Gasteiger partial charge in [0.1, 0.15) is 5.70 Å². The van der Waals surface area contributed by atoms with Gasteiger partial charge in [-0.3, -0.25) is 14.5 Å². The quantitative estimate of drug-likeness (QED) is 0.337.